The van der Waals surface area contributed by atoms with E-state index in [4.69, 9.17) is 4.74 Å². The van der Waals surface area contributed by atoms with E-state index in [1.54, 1.807) is 0 Å². The molecule has 1 heterocycles. The standard InChI is InChI=1S/C19H28N2O/c1-6-8-10-17-11-16(9-7-2)12-18(17)22-19-13(3)14(4)20-15(5)21-19/h6,12,16-17H,1,7-11H2,2-5H3/t16-,17-/m0/s1. The fourth-order valence-corrected chi connectivity index (χ4v) is 3.13. The Morgan fingerprint density at radius 2 is 2.05 bits per heavy atom. The molecule has 0 amide bonds. The van der Waals surface area contributed by atoms with E-state index in [0.717, 1.165) is 41.6 Å². The summed E-state index contributed by atoms with van der Waals surface area (Å²) in [7, 11) is 0. The Morgan fingerprint density at radius 3 is 2.73 bits per heavy atom. The van der Waals surface area contributed by atoms with E-state index < -0.39 is 0 Å². The van der Waals surface area contributed by atoms with Gasteiger partial charge in [0.1, 0.15) is 11.6 Å². The first-order chi connectivity index (χ1) is 10.5. The van der Waals surface area contributed by atoms with Crippen molar-refractivity contribution in [1.29, 1.82) is 0 Å². The Labute approximate surface area is 134 Å². The third kappa shape index (κ3) is 3.96. The van der Waals surface area contributed by atoms with Gasteiger partial charge in [0.2, 0.25) is 5.88 Å². The summed E-state index contributed by atoms with van der Waals surface area (Å²) in [6.45, 7) is 12.0. The third-order valence-corrected chi connectivity index (χ3v) is 4.44. The van der Waals surface area contributed by atoms with E-state index in [2.05, 4.69) is 29.5 Å². The van der Waals surface area contributed by atoms with Gasteiger partial charge in [0.05, 0.1) is 0 Å². The molecule has 0 unspecified atom stereocenters. The van der Waals surface area contributed by atoms with Gasteiger partial charge in [-0.3, -0.25) is 0 Å². The van der Waals surface area contributed by atoms with Crippen molar-refractivity contribution in [3.63, 3.8) is 0 Å². The van der Waals surface area contributed by atoms with Gasteiger partial charge in [-0.25, -0.2) is 4.98 Å². The average molecular weight is 300 g/mol. The van der Waals surface area contributed by atoms with Crippen LogP contribution in [0.3, 0.4) is 0 Å². The Hall–Kier alpha value is -1.64. The summed E-state index contributed by atoms with van der Waals surface area (Å²) in [5.41, 5.74) is 2.03. The van der Waals surface area contributed by atoms with Gasteiger partial charge < -0.3 is 4.74 Å². The van der Waals surface area contributed by atoms with Gasteiger partial charge in [-0.05, 0) is 58.4 Å². The highest BCUT2D eigenvalue weighted by Gasteiger charge is 2.28. The van der Waals surface area contributed by atoms with Crippen molar-refractivity contribution in [3.8, 4) is 5.88 Å². The molecule has 1 aromatic rings. The molecule has 0 bridgehead atoms. The molecule has 22 heavy (non-hydrogen) atoms. The van der Waals surface area contributed by atoms with Gasteiger partial charge in [0, 0.05) is 17.2 Å². The lowest BCUT2D eigenvalue weighted by Gasteiger charge is -2.17. The van der Waals surface area contributed by atoms with Crippen molar-refractivity contribution in [1.82, 2.24) is 9.97 Å². The van der Waals surface area contributed by atoms with Gasteiger partial charge in [-0.2, -0.15) is 4.98 Å². The maximum absolute atomic E-state index is 6.23. The molecular formula is C19H28N2O. The van der Waals surface area contributed by atoms with E-state index in [-0.39, 0.29) is 0 Å². The number of nitrogens with zero attached hydrogens (tertiary/aromatic N) is 2. The zero-order valence-electron chi connectivity index (χ0n) is 14.4. The summed E-state index contributed by atoms with van der Waals surface area (Å²) in [6.07, 6.45) is 10.1. The van der Waals surface area contributed by atoms with Crippen LogP contribution in [0.1, 0.15) is 56.1 Å². The maximum Gasteiger partial charge on any atom is 0.225 e. The first-order valence-corrected chi connectivity index (χ1v) is 8.37. The van der Waals surface area contributed by atoms with Crippen LogP contribution in [0.25, 0.3) is 0 Å². The Balaban J connectivity index is 2.20. The maximum atomic E-state index is 6.23. The quantitative estimate of drug-likeness (QED) is 0.660. The SMILES string of the molecule is C=CCC[C@H]1C[C@H](CCC)C=C1Oc1nc(C)nc(C)c1C. The lowest BCUT2D eigenvalue weighted by molar-refractivity contribution is 0.324. The van der Waals surface area contributed by atoms with Crippen molar-refractivity contribution in [2.75, 3.05) is 0 Å². The second kappa shape index (κ2) is 7.57. The zero-order valence-corrected chi connectivity index (χ0v) is 14.4. The first kappa shape index (κ1) is 16.7. The van der Waals surface area contributed by atoms with Crippen LogP contribution in [-0.4, -0.2) is 9.97 Å². The smallest absolute Gasteiger partial charge is 0.225 e. The molecule has 0 aromatic carbocycles. The molecule has 1 aromatic heterocycles. The molecule has 2 rings (SSSR count). The topological polar surface area (TPSA) is 35.0 Å². The van der Waals surface area contributed by atoms with E-state index in [1.807, 2.05) is 26.8 Å². The number of hydrogen-bond acceptors (Lipinski definition) is 3. The second-order valence-electron chi connectivity index (χ2n) is 6.30. The largest absolute Gasteiger partial charge is 0.443 e. The van der Waals surface area contributed by atoms with E-state index in [1.165, 1.54) is 19.3 Å². The molecule has 3 nitrogen and oxygen atoms in total. The van der Waals surface area contributed by atoms with Crippen molar-refractivity contribution < 1.29 is 4.74 Å². The van der Waals surface area contributed by atoms with Crippen LogP contribution < -0.4 is 4.74 Å². The lowest BCUT2D eigenvalue weighted by atomic mass is 9.95. The van der Waals surface area contributed by atoms with Crippen LogP contribution in [0.2, 0.25) is 0 Å². The summed E-state index contributed by atoms with van der Waals surface area (Å²) in [4.78, 5) is 8.89. The highest BCUT2D eigenvalue weighted by molar-refractivity contribution is 5.31. The minimum atomic E-state index is 0.490. The summed E-state index contributed by atoms with van der Waals surface area (Å²) >= 11 is 0. The van der Waals surface area contributed by atoms with Crippen LogP contribution in [0.4, 0.5) is 0 Å². The fourth-order valence-electron chi connectivity index (χ4n) is 3.13. The van der Waals surface area contributed by atoms with Gasteiger partial charge in [-0.1, -0.05) is 19.4 Å². The molecule has 120 valence electrons. The average Bonchev–Trinajstić information content (AvgIpc) is 2.84. The Bertz CT molecular complexity index is 563. The normalized spacial score (nSPS) is 20.8. The predicted molar refractivity (Wildman–Crippen MR) is 90.9 cm³/mol. The number of rotatable bonds is 7. The first-order valence-electron chi connectivity index (χ1n) is 8.37. The number of allylic oxidation sites excluding steroid dienone is 3. The van der Waals surface area contributed by atoms with Gasteiger partial charge in [-0.15, -0.1) is 6.58 Å². The molecule has 2 atom stereocenters. The van der Waals surface area contributed by atoms with Crippen molar-refractivity contribution in [2.24, 2.45) is 11.8 Å². The van der Waals surface area contributed by atoms with Gasteiger partial charge >= 0.3 is 0 Å². The Morgan fingerprint density at radius 1 is 1.27 bits per heavy atom. The number of aromatic nitrogens is 2. The molecule has 1 aliphatic carbocycles. The van der Waals surface area contributed by atoms with Crippen LogP contribution in [-0.2, 0) is 0 Å². The molecule has 0 radical (unpaired) electrons. The highest BCUT2D eigenvalue weighted by Crippen LogP contribution is 2.37. The van der Waals surface area contributed by atoms with Crippen LogP contribution in [0.5, 0.6) is 5.88 Å². The summed E-state index contributed by atoms with van der Waals surface area (Å²) in [5.74, 6) is 3.71. The minimum Gasteiger partial charge on any atom is -0.443 e. The molecule has 0 fully saturated rings. The van der Waals surface area contributed by atoms with E-state index >= 15 is 0 Å². The molecule has 0 saturated heterocycles. The summed E-state index contributed by atoms with van der Waals surface area (Å²) in [5, 5.41) is 0. The van der Waals surface area contributed by atoms with E-state index in [0.29, 0.717) is 11.8 Å². The molecule has 0 saturated carbocycles. The minimum absolute atomic E-state index is 0.490. The molecule has 0 aliphatic heterocycles. The highest BCUT2D eigenvalue weighted by atomic mass is 16.5. The van der Waals surface area contributed by atoms with Crippen molar-refractivity contribution >= 4 is 0 Å². The number of hydrogen-bond donors (Lipinski definition) is 0. The Kier molecular flexibility index (Phi) is 5.76. The predicted octanol–water partition coefficient (Wildman–Crippen LogP) is 5.07. The van der Waals surface area contributed by atoms with Crippen LogP contribution in [0.15, 0.2) is 24.5 Å². The number of ether oxygens (including phenoxy) is 1. The molecule has 1 aliphatic rings. The van der Waals surface area contributed by atoms with Crippen LogP contribution >= 0.6 is 0 Å². The fraction of sp³-hybridized carbons (Fsp3) is 0.579. The van der Waals surface area contributed by atoms with Gasteiger partial charge in [0.15, 0.2) is 0 Å². The molecular weight excluding hydrogens is 272 g/mol. The monoisotopic (exact) mass is 300 g/mol. The summed E-state index contributed by atoms with van der Waals surface area (Å²) in [6, 6.07) is 0. The lowest BCUT2D eigenvalue weighted by Crippen LogP contribution is -2.09. The molecule has 3 heteroatoms. The van der Waals surface area contributed by atoms with Crippen LogP contribution in [0, 0.1) is 32.6 Å². The van der Waals surface area contributed by atoms with Crippen molar-refractivity contribution in [3.05, 3.63) is 41.6 Å². The van der Waals surface area contributed by atoms with Gasteiger partial charge in [0.25, 0.3) is 0 Å². The third-order valence-electron chi connectivity index (χ3n) is 4.44. The second-order valence-corrected chi connectivity index (χ2v) is 6.30. The van der Waals surface area contributed by atoms with Crippen molar-refractivity contribution in [2.45, 2.75) is 59.8 Å². The molecule has 0 N–H and O–H groups in total. The molecule has 0 spiro atoms. The van der Waals surface area contributed by atoms with E-state index in [9.17, 15) is 0 Å². The summed E-state index contributed by atoms with van der Waals surface area (Å²) < 4.78 is 6.23. The zero-order chi connectivity index (χ0) is 16.1. The number of aryl methyl sites for hydroxylation is 2.